The first kappa shape index (κ1) is 17.3. The number of imidazole rings is 1. The number of aromatic nitrogens is 2. The van der Waals surface area contributed by atoms with E-state index in [9.17, 15) is 8.42 Å². The summed E-state index contributed by atoms with van der Waals surface area (Å²) in [6, 6.07) is 0. The van der Waals surface area contributed by atoms with Crippen LogP contribution in [0, 0.1) is 0 Å². The van der Waals surface area contributed by atoms with Crippen molar-refractivity contribution in [2.24, 2.45) is 0 Å². The van der Waals surface area contributed by atoms with Gasteiger partial charge in [0.25, 0.3) is 0 Å². The molecule has 6 nitrogen and oxygen atoms in total. The zero-order valence-corrected chi connectivity index (χ0v) is 15.2. The third-order valence-corrected chi connectivity index (χ3v) is 9.86. The molecular formula is C12H25N3O3SSi. The number of hydrogen-bond donors (Lipinski definition) is 0. The largest absolute Gasteiger partial charge is 0.411 e. The van der Waals surface area contributed by atoms with E-state index in [-0.39, 0.29) is 5.04 Å². The Bertz CT molecular complexity index is 559. The molecule has 0 fully saturated rings. The quantitative estimate of drug-likeness (QED) is 0.779. The molecule has 1 heterocycles. The molecule has 0 radical (unpaired) electrons. The molecule has 0 saturated heterocycles. The molecule has 0 aliphatic heterocycles. The van der Waals surface area contributed by atoms with Crippen LogP contribution in [0.1, 0.15) is 26.5 Å². The molecule has 0 aliphatic rings. The molecule has 1 aromatic heterocycles. The van der Waals surface area contributed by atoms with E-state index < -0.39 is 18.5 Å². The smallest absolute Gasteiger partial charge is 0.308 e. The van der Waals surface area contributed by atoms with Gasteiger partial charge in [-0.15, -0.1) is 0 Å². The Morgan fingerprint density at radius 3 is 2.35 bits per heavy atom. The van der Waals surface area contributed by atoms with Gasteiger partial charge in [-0.3, -0.25) is 0 Å². The average molecular weight is 320 g/mol. The van der Waals surface area contributed by atoms with Gasteiger partial charge in [-0.05, 0) is 18.1 Å². The SMILES string of the molecule is CN(C)S(=O)(=O)n1cnc(CO[Si](C)(C)C(C)(C)C)c1. The van der Waals surface area contributed by atoms with Crippen molar-refractivity contribution in [1.29, 1.82) is 0 Å². The lowest BCUT2D eigenvalue weighted by Gasteiger charge is -2.35. The molecule has 20 heavy (non-hydrogen) atoms. The molecule has 0 N–H and O–H groups in total. The van der Waals surface area contributed by atoms with Crippen molar-refractivity contribution in [2.75, 3.05) is 14.1 Å². The Morgan fingerprint density at radius 2 is 1.90 bits per heavy atom. The van der Waals surface area contributed by atoms with Crippen LogP contribution in [0.5, 0.6) is 0 Å². The Balaban J connectivity index is 2.81. The molecule has 1 rings (SSSR count). The van der Waals surface area contributed by atoms with Gasteiger partial charge in [-0.1, -0.05) is 20.8 Å². The van der Waals surface area contributed by atoms with E-state index in [2.05, 4.69) is 38.8 Å². The van der Waals surface area contributed by atoms with Crippen molar-refractivity contribution >= 4 is 18.5 Å². The highest BCUT2D eigenvalue weighted by Gasteiger charge is 2.37. The standard InChI is InChI=1S/C12H25N3O3SSi/c1-12(2,3)20(6,7)18-9-11-8-15(10-13-11)19(16,17)14(4)5/h8,10H,9H2,1-7H3. The van der Waals surface area contributed by atoms with Crippen LogP contribution in [0.25, 0.3) is 0 Å². The van der Waals surface area contributed by atoms with Gasteiger partial charge in [0.15, 0.2) is 8.32 Å². The maximum atomic E-state index is 11.9. The second-order valence-electron chi connectivity index (χ2n) is 6.53. The van der Waals surface area contributed by atoms with Crippen LogP contribution in [0.3, 0.4) is 0 Å². The molecule has 8 heteroatoms. The Kier molecular flexibility index (Phi) is 4.85. The van der Waals surface area contributed by atoms with Crippen molar-refractivity contribution in [3.8, 4) is 0 Å². The Hall–Kier alpha value is -0.703. The van der Waals surface area contributed by atoms with Gasteiger partial charge in [-0.25, -0.2) is 8.96 Å². The van der Waals surface area contributed by atoms with E-state index in [0.717, 1.165) is 8.28 Å². The van der Waals surface area contributed by atoms with E-state index in [1.807, 2.05) is 0 Å². The molecular weight excluding hydrogens is 294 g/mol. The van der Waals surface area contributed by atoms with Crippen molar-refractivity contribution in [2.45, 2.75) is 45.5 Å². The fraction of sp³-hybridized carbons (Fsp3) is 0.750. The second kappa shape index (κ2) is 5.59. The normalized spacial score (nSPS) is 14.0. The number of rotatable bonds is 5. The molecule has 0 aromatic carbocycles. The van der Waals surface area contributed by atoms with Gasteiger partial charge in [-0.2, -0.15) is 12.7 Å². The summed E-state index contributed by atoms with van der Waals surface area (Å²) in [7, 11) is -2.38. The molecule has 116 valence electrons. The van der Waals surface area contributed by atoms with Crippen LogP contribution in [-0.4, -0.2) is 44.1 Å². The average Bonchev–Trinajstić information content (AvgIpc) is 2.73. The molecule has 0 aliphatic carbocycles. The highest BCUT2D eigenvalue weighted by atomic mass is 32.2. The minimum atomic E-state index is -3.49. The van der Waals surface area contributed by atoms with Crippen LogP contribution < -0.4 is 0 Å². The zero-order valence-electron chi connectivity index (χ0n) is 13.3. The fourth-order valence-corrected chi connectivity index (χ4v) is 2.94. The minimum Gasteiger partial charge on any atom is -0.411 e. The van der Waals surface area contributed by atoms with Crippen LogP contribution >= 0.6 is 0 Å². The van der Waals surface area contributed by atoms with Crippen LogP contribution in [0.4, 0.5) is 0 Å². The maximum Gasteiger partial charge on any atom is 0.308 e. The maximum absolute atomic E-state index is 11.9. The predicted molar refractivity (Wildman–Crippen MR) is 82.2 cm³/mol. The molecule has 0 saturated carbocycles. The van der Waals surface area contributed by atoms with Gasteiger partial charge in [0.2, 0.25) is 0 Å². The van der Waals surface area contributed by atoms with E-state index in [1.54, 1.807) is 0 Å². The highest BCUT2D eigenvalue weighted by Crippen LogP contribution is 2.36. The van der Waals surface area contributed by atoms with Crippen LogP contribution in [0.2, 0.25) is 18.1 Å². The molecule has 0 bridgehead atoms. The Labute approximate surface area is 123 Å². The van der Waals surface area contributed by atoms with E-state index in [0.29, 0.717) is 12.3 Å². The summed E-state index contributed by atoms with van der Waals surface area (Å²) in [5, 5.41) is 0.116. The Morgan fingerprint density at radius 1 is 1.35 bits per heavy atom. The lowest BCUT2D eigenvalue weighted by molar-refractivity contribution is 0.272. The van der Waals surface area contributed by atoms with Crippen molar-refractivity contribution in [1.82, 2.24) is 13.3 Å². The molecule has 0 amide bonds. The molecule has 0 unspecified atom stereocenters. The zero-order chi connectivity index (χ0) is 15.8. The number of hydrogen-bond acceptors (Lipinski definition) is 4. The van der Waals surface area contributed by atoms with Gasteiger partial charge in [0.05, 0.1) is 12.3 Å². The minimum absolute atomic E-state index is 0.116. The van der Waals surface area contributed by atoms with Gasteiger partial charge < -0.3 is 4.43 Å². The van der Waals surface area contributed by atoms with E-state index in [4.69, 9.17) is 4.43 Å². The summed E-state index contributed by atoms with van der Waals surface area (Å²) in [5.74, 6) is 0. The number of nitrogens with zero attached hydrogens (tertiary/aromatic N) is 3. The lowest BCUT2D eigenvalue weighted by Crippen LogP contribution is -2.40. The second-order valence-corrected chi connectivity index (χ2v) is 13.4. The third-order valence-electron chi connectivity index (χ3n) is 3.73. The topological polar surface area (TPSA) is 64.4 Å². The van der Waals surface area contributed by atoms with Crippen molar-refractivity contribution in [3.05, 3.63) is 18.2 Å². The molecule has 0 atom stereocenters. The van der Waals surface area contributed by atoms with E-state index >= 15 is 0 Å². The van der Waals surface area contributed by atoms with Gasteiger partial charge >= 0.3 is 10.2 Å². The predicted octanol–water partition coefficient (Wildman–Crippen LogP) is 2.06. The first-order valence-corrected chi connectivity index (χ1v) is 10.8. The third kappa shape index (κ3) is 3.69. The van der Waals surface area contributed by atoms with Crippen LogP contribution in [-0.2, 0) is 21.2 Å². The summed E-state index contributed by atoms with van der Waals surface area (Å²) in [5.41, 5.74) is 0.625. The van der Waals surface area contributed by atoms with E-state index in [1.165, 1.54) is 26.6 Å². The fourth-order valence-electron chi connectivity index (χ4n) is 1.20. The highest BCUT2D eigenvalue weighted by molar-refractivity contribution is 7.87. The van der Waals surface area contributed by atoms with Crippen molar-refractivity contribution < 1.29 is 12.8 Å². The summed E-state index contributed by atoms with van der Waals surface area (Å²) >= 11 is 0. The summed E-state index contributed by atoms with van der Waals surface area (Å²) in [6.45, 7) is 11.1. The summed E-state index contributed by atoms with van der Waals surface area (Å²) in [4.78, 5) is 4.10. The monoisotopic (exact) mass is 319 g/mol. The van der Waals surface area contributed by atoms with Gasteiger partial charge in [0.1, 0.15) is 6.33 Å². The van der Waals surface area contributed by atoms with Gasteiger partial charge in [0, 0.05) is 20.3 Å². The molecule has 0 spiro atoms. The first-order valence-electron chi connectivity index (χ1n) is 6.48. The molecule has 1 aromatic rings. The lowest BCUT2D eigenvalue weighted by atomic mass is 10.2. The first-order chi connectivity index (χ1) is 8.88. The summed E-state index contributed by atoms with van der Waals surface area (Å²) < 4.78 is 32.1. The summed E-state index contributed by atoms with van der Waals surface area (Å²) in [6.07, 6.45) is 2.81. The van der Waals surface area contributed by atoms with Crippen LogP contribution in [0.15, 0.2) is 12.5 Å². The van der Waals surface area contributed by atoms with Crippen molar-refractivity contribution in [3.63, 3.8) is 0 Å².